The fourth-order valence-electron chi connectivity index (χ4n) is 4.34. The Bertz CT molecular complexity index is 1040. The van der Waals surface area contributed by atoms with E-state index in [0.29, 0.717) is 17.5 Å². The zero-order valence-electron chi connectivity index (χ0n) is 17.2. The monoisotopic (exact) mass is 386 g/mol. The summed E-state index contributed by atoms with van der Waals surface area (Å²) in [5, 5.41) is 10.5. The lowest BCUT2D eigenvalue weighted by atomic mass is 9.78. The van der Waals surface area contributed by atoms with E-state index in [1.54, 1.807) is 24.8 Å². The second-order valence-corrected chi connectivity index (χ2v) is 8.68. The first-order chi connectivity index (χ1) is 12.9. The maximum absolute atomic E-state index is 13.1. The summed E-state index contributed by atoms with van der Waals surface area (Å²) in [5.74, 6) is -0.0796. The molecule has 8 nitrogen and oxygen atoms in total. The topological polar surface area (TPSA) is 109 Å². The van der Waals surface area contributed by atoms with Gasteiger partial charge in [-0.15, -0.1) is 0 Å². The molecule has 1 unspecified atom stereocenters. The molecule has 3 rings (SSSR count). The van der Waals surface area contributed by atoms with Gasteiger partial charge < -0.3 is 19.9 Å². The summed E-state index contributed by atoms with van der Waals surface area (Å²) >= 11 is 0. The third kappa shape index (κ3) is 3.29. The maximum Gasteiger partial charge on any atom is 0.378 e. The van der Waals surface area contributed by atoms with E-state index in [4.69, 9.17) is 0 Å². The lowest BCUT2D eigenvalue weighted by Crippen LogP contribution is -2.54. The molecule has 2 atom stereocenters. The predicted molar refractivity (Wildman–Crippen MR) is 109 cm³/mol. The Hall–Kier alpha value is -2.39. The minimum atomic E-state index is -0.822. The first-order valence-electron chi connectivity index (χ1n) is 9.40. The van der Waals surface area contributed by atoms with Gasteiger partial charge in [0.05, 0.1) is 23.2 Å². The van der Waals surface area contributed by atoms with Crippen molar-refractivity contribution < 1.29 is 9.82 Å². The van der Waals surface area contributed by atoms with Crippen LogP contribution in [-0.4, -0.2) is 56.9 Å². The Labute approximate surface area is 163 Å². The number of hydrogen-bond acceptors (Lipinski definition) is 5. The van der Waals surface area contributed by atoms with Crippen LogP contribution in [0.5, 0.6) is 0 Å². The Morgan fingerprint density at radius 2 is 1.75 bits per heavy atom. The number of aromatic amines is 2. The van der Waals surface area contributed by atoms with Crippen LogP contribution in [0, 0.1) is 12.3 Å². The van der Waals surface area contributed by atoms with Crippen LogP contribution in [0.2, 0.25) is 6.82 Å². The molecule has 1 aliphatic rings. The number of amides is 1. The Morgan fingerprint density at radius 1 is 1.14 bits per heavy atom. The number of likely N-dealkylation sites (N-methyl/N-ethyl adjacent to an activating group) is 1. The second kappa shape index (κ2) is 6.90. The van der Waals surface area contributed by atoms with Crippen molar-refractivity contribution in [3.8, 4) is 0 Å². The Morgan fingerprint density at radius 3 is 2.32 bits per heavy atom. The molecule has 0 bridgehead atoms. The van der Waals surface area contributed by atoms with E-state index in [-0.39, 0.29) is 17.5 Å². The molecule has 150 valence electrons. The van der Waals surface area contributed by atoms with Gasteiger partial charge in [0.15, 0.2) is 0 Å². The van der Waals surface area contributed by atoms with Gasteiger partial charge in [0.25, 0.3) is 0 Å². The number of nitrogens with zero attached hydrogens (tertiary/aromatic N) is 2. The molecule has 0 spiro atoms. The first kappa shape index (κ1) is 20.4. The smallest absolute Gasteiger partial charge is 0.378 e. The van der Waals surface area contributed by atoms with Crippen LogP contribution in [0.25, 0.3) is 11.0 Å². The van der Waals surface area contributed by atoms with Crippen LogP contribution in [0.4, 0.5) is 0 Å². The molecule has 1 aromatic heterocycles. The largest absolute Gasteiger partial charge is 0.437 e. The van der Waals surface area contributed by atoms with Crippen molar-refractivity contribution in [3.63, 3.8) is 0 Å². The maximum atomic E-state index is 13.1. The molecule has 0 saturated carbocycles. The van der Waals surface area contributed by atoms with Crippen molar-refractivity contribution >= 4 is 24.0 Å². The molecule has 0 radical (unpaired) electrons. The zero-order valence-corrected chi connectivity index (χ0v) is 17.2. The van der Waals surface area contributed by atoms with E-state index in [1.807, 2.05) is 38.6 Å². The number of benzene rings is 1. The quantitative estimate of drug-likeness (QED) is 0.531. The van der Waals surface area contributed by atoms with Gasteiger partial charge in [-0.3, -0.25) is 19.2 Å². The molecular formula is C19H27BN4O4. The summed E-state index contributed by atoms with van der Waals surface area (Å²) in [4.78, 5) is 45.4. The van der Waals surface area contributed by atoms with Gasteiger partial charge in [-0.25, -0.2) is 0 Å². The van der Waals surface area contributed by atoms with Crippen LogP contribution in [0.1, 0.15) is 31.9 Å². The number of carbonyl (C=O) groups excluding carboxylic acids is 1. The number of nitrogens with one attached hydrogen (secondary N) is 2. The molecule has 9 heteroatoms. The minimum absolute atomic E-state index is 0.0796. The molecule has 28 heavy (non-hydrogen) atoms. The summed E-state index contributed by atoms with van der Waals surface area (Å²) < 4.78 is 0. The zero-order chi connectivity index (χ0) is 21.0. The number of fused-ring (bicyclic) bond motifs is 1. The van der Waals surface area contributed by atoms with E-state index < -0.39 is 24.2 Å². The van der Waals surface area contributed by atoms with Crippen LogP contribution < -0.4 is 11.1 Å². The van der Waals surface area contributed by atoms with Crippen LogP contribution in [-0.2, 0) is 11.2 Å². The first-order valence-corrected chi connectivity index (χ1v) is 9.40. The van der Waals surface area contributed by atoms with Gasteiger partial charge >= 0.3 is 18.2 Å². The third-order valence-electron chi connectivity index (χ3n) is 5.49. The highest BCUT2D eigenvalue weighted by Gasteiger charge is 2.51. The van der Waals surface area contributed by atoms with Gasteiger partial charge in [0.2, 0.25) is 5.91 Å². The normalized spacial score (nSPS) is 21.0. The van der Waals surface area contributed by atoms with Gasteiger partial charge in [-0.05, 0) is 42.8 Å². The summed E-state index contributed by atoms with van der Waals surface area (Å²) in [6.45, 7) is 9.66. The highest BCUT2D eigenvalue weighted by atomic mass is 16.2. The molecule has 1 amide bonds. The molecule has 1 aromatic carbocycles. The van der Waals surface area contributed by atoms with E-state index in [1.165, 1.54) is 0 Å². The second-order valence-electron chi connectivity index (χ2n) is 8.68. The summed E-state index contributed by atoms with van der Waals surface area (Å²) in [5.41, 5.74) is 1.01. The van der Waals surface area contributed by atoms with Gasteiger partial charge in [0, 0.05) is 7.05 Å². The molecule has 1 saturated heterocycles. The average Bonchev–Trinajstić information content (AvgIpc) is 2.84. The fraction of sp³-hybridized carbons (Fsp3) is 0.526. The molecule has 2 heterocycles. The number of aromatic nitrogens is 2. The van der Waals surface area contributed by atoms with Gasteiger partial charge in [-0.2, -0.15) is 0 Å². The fourth-order valence-corrected chi connectivity index (χ4v) is 4.34. The molecule has 3 N–H and O–H groups in total. The summed E-state index contributed by atoms with van der Waals surface area (Å²) in [6.07, 6.45) is 0.0466. The van der Waals surface area contributed by atoms with Crippen molar-refractivity contribution in [1.82, 2.24) is 19.7 Å². The number of H-pyrrole nitrogens is 2. The third-order valence-corrected chi connectivity index (χ3v) is 5.49. The standard InChI is InChI=1S/C19H27BN4O4/c1-10-7-8-12-14(22-16(26)15(25)21-12)11(10)9-13-17(27)23(6)18(19(2,3)4)24(13)20(5)28/h7-8,13,18,28H,9H2,1-6H3,(H,21,25)(H,22,26)/t13?,18-/m0/s1. The van der Waals surface area contributed by atoms with Crippen molar-refractivity contribution in [2.45, 2.75) is 53.1 Å². The lowest BCUT2D eigenvalue weighted by Gasteiger charge is -2.39. The minimum Gasteiger partial charge on any atom is -0.437 e. The van der Waals surface area contributed by atoms with Crippen molar-refractivity contribution in [1.29, 1.82) is 0 Å². The Balaban J connectivity index is 2.13. The number of aryl methyl sites for hydroxylation is 1. The predicted octanol–water partition coefficient (Wildman–Crippen LogP) is 0.692. The van der Waals surface area contributed by atoms with E-state index >= 15 is 0 Å². The van der Waals surface area contributed by atoms with Gasteiger partial charge in [-0.1, -0.05) is 26.8 Å². The molecular weight excluding hydrogens is 359 g/mol. The molecule has 2 aromatic rings. The van der Waals surface area contributed by atoms with Crippen molar-refractivity contribution in [2.75, 3.05) is 7.05 Å². The Kier molecular flexibility index (Phi) is 5.01. The number of carbonyl (C=O) groups is 1. The average molecular weight is 386 g/mol. The summed E-state index contributed by atoms with van der Waals surface area (Å²) in [6, 6.07) is 3.01. The SMILES string of the molecule is CB(O)N1C(Cc2c(C)ccc3[nH]c(=O)c(=O)[nH]c23)C(=O)N(C)[C@@H]1C(C)(C)C. The van der Waals surface area contributed by atoms with E-state index in [2.05, 4.69) is 9.97 Å². The van der Waals surface area contributed by atoms with E-state index in [9.17, 15) is 19.4 Å². The number of hydrogen-bond donors (Lipinski definition) is 3. The van der Waals surface area contributed by atoms with Crippen LogP contribution in [0.3, 0.4) is 0 Å². The molecule has 0 aliphatic carbocycles. The highest BCUT2D eigenvalue weighted by Crippen LogP contribution is 2.36. The molecule has 1 fully saturated rings. The van der Waals surface area contributed by atoms with Crippen molar-refractivity contribution in [3.05, 3.63) is 44.0 Å². The van der Waals surface area contributed by atoms with Crippen LogP contribution >= 0.6 is 0 Å². The molecule has 1 aliphatic heterocycles. The van der Waals surface area contributed by atoms with Crippen LogP contribution in [0.15, 0.2) is 21.7 Å². The van der Waals surface area contributed by atoms with E-state index in [0.717, 1.165) is 11.1 Å². The number of rotatable bonds is 3. The van der Waals surface area contributed by atoms with Gasteiger partial charge in [0.1, 0.15) is 0 Å². The summed E-state index contributed by atoms with van der Waals surface area (Å²) in [7, 11) is 0.931. The van der Waals surface area contributed by atoms with Crippen molar-refractivity contribution in [2.24, 2.45) is 5.41 Å². The lowest BCUT2D eigenvalue weighted by molar-refractivity contribution is -0.129. The highest BCUT2D eigenvalue weighted by molar-refractivity contribution is 6.46.